The lowest BCUT2D eigenvalue weighted by molar-refractivity contribution is -0.0162. The minimum atomic E-state index is -0.474. The lowest BCUT2D eigenvalue weighted by Crippen LogP contribution is -2.26. The standard InChI is InChI=1S/C8H14N4O2/c1-4-8(2,3)14-12-6(5-9)7(10)11-13/h13H,4H2,1-3H3,(H2,10,11)/b12-6-. The molecule has 0 saturated carbocycles. The maximum atomic E-state index is 8.56. The number of hydrogen-bond donors (Lipinski definition) is 2. The lowest BCUT2D eigenvalue weighted by atomic mass is 10.1. The number of hydrogen-bond acceptors (Lipinski definition) is 5. The molecule has 0 amide bonds. The average molecular weight is 198 g/mol. The van der Waals surface area contributed by atoms with Crippen LogP contribution in [0.25, 0.3) is 0 Å². The maximum absolute atomic E-state index is 8.56. The van der Waals surface area contributed by atoms with Gasteiger partial charge in [-0.2, -0.15) is 5.26 Å². The third kappa shape index (κ3) is 3.76. The highest BCUT2D eigenvalue weighted by atomic mass is 16.6. The Bertz CT molecular complexity index is 288. The number of oxime groups is 2. The van der Waals surface area contributed by atoms with Crippen LogP contribution in [-0.4, -0.2) is 22.4 Å². The highest BCUT2D eigenvalue weighted by Gasteiger charge is 2.17. The van der Waals surface area contributed by atoms with Crippen LogP contribution in [0.4, 0.5) is 0 Å². The van der Waals surface area contributed by atoms with Crippen molar-refractivity contribution >= 4 is 11.5 Å². The molecule has 0 radical (unpaired) electrons. The summed E-state index contributed by atoms with van der Waals surface area (Å²) < 4.78 is 0. The molecule has 0 fully saturated rings. The van der Waals surface area contributed by atoms with E-state index in [1.807, 2.05) is 20.8 Å². The smallest absolute Gasteiger partial charge is 0.224 e. The van der Waals surface area contributed by atoms with E-state index in [2.05, 4.69) is 10.3 Å². The predicted molar refractivity (Wildman–Crippen MR) is 51.9 cm³/mol. The van der Waals surface area contributed by atoms with Crippen molar-refractivity contribution in [1.29, 1.82) is 5.26 Å². The van der Waals surface area contributed by atoms with Crippen LogP contribution in [0.5, 0.6) is 0 Å². The van der Waals surface area contributed by atoms with Crippen LogP contribution in [-0.2, 0) is 4.84 Å². The van der Waals surface area contributed by atoms with E-state index in [0.29, 0.717) is 0 Å². The van der Waals surface area contributed by atoms with E-state index in [4.69, 9.17) is 21.0 Å². The summed E-state index contributed by atoms with van der Waals surface area (Å²) in [6.07, 6.45) is 0.728. The van der Waals surface area contributed by atoms with Gasteiger partial charge < -0.3 is 15.8 Å². The molecule has 0 aromatic carbocycles. The highest BCUT2D eigenvalue weighted by Crippen LogP contribution is 2.13. The zero-order valence-electron chi connectivity index (χ0n) is 8.48. The van der Waals surface area contributed by atoms with Gasteiger partial charge in [0.2, 0.25) is 11.5 Å². The fourth-order valence-electron chi connectivity index (χ4n) is 0.406. The summed E-state index contributed by atoms with van der Waals surface area (Å²) in [5, 5.41) is 23.0. The summed E-state index contributed by atoms with van der Waals surface area (Å²) in [6, 6.07) is 1.66. The van der Waals surface area contributed by atoms with E-state index in [0.717, 1.165) is 6.42 Å². The monoisotopic (exact) mass is 198 g/mol. The van der Waals surface area contributed by atoms with Crippen LogP contribution in [0.15, 0.2) is 10.3 Å². The van der Waals surface area contributed by atoms with Gasteiger partial charge in [0.25, 0.3) is 0 Å². The van der Waals surface area contributed by atoms with Gasteiger partial charge in [-0.15, -0.1) is 0 Å². The molecule has 78 valence electrons. The molecule has 0 aromatic heterocycles. The molecule has 6 nitrogen and oxygen atoms in total. The highest BCUT2D eigenvalue weighted by molar-refractivity contribution is 6.46. The lowest BCUT2D eigenvalue weighted by Gasteiger charge is -2.19. The molecular weight excluding hydrogens is 184 g/mol. The average Bonchev–Trinajstić information content (AvgIpc) is 2.18. The number of nitrogens with two attached hydrogens (primary N) is 1. The molecule has 0 aliphatic carbocycles. The summed E-state index contributed by atoms with van der Waals surface area (Å²) in [4.78, 5) is 5.05. The van der Waals surface area contributed by atoms with E-state index in [-0.39, 0.29) is 11.5 Å². The molecule has 0 bridgehead atoms. The Hall–Kier alpha value is -1.77. The predicted octanol–water partition coefficient (Wildman–Crippen LogP) is 0.818. The molecule has 0 saturated heterocycles. The van der Waals surface area contributed by atoms with Gasteiger partial charge in [-0.1, -0.05) is 17.2 Å². The Morgan fingerprint density at radius 3 is 2.57 bits per heavy atom. The second-order valence-electron chi connectivity index (χ2n) is 3.24. The number of rotatable bonds is 4. The SMILES string of the molecule is CCC(C)(C)O/N=C(C#N)\C(N)=N/O. The molecule has 0 unspecified atom stereocenters. The van der Waals surface area contributed by atoms with Gasteiger partial charge in [0.15, 0.2) is 0 Å². The second-order valence-corrected chi connectivity index (χ2v) is 3.24. The molecule has 0 aliphatic rings. The number of amidine groups is 1. The third-order valence-corrected chi connectivity index (χ3v) is 1.69. The van der Waals surface area contributed by atoms with Crippen molar-refractivity contribution in [2.24, 2.45) is 16.0 Å². The Labute approximate surface area is 82.6 Å². The molecule has 0 atom stereocenters. The molecule has 0 aromatic rings. The molecule has 14 heavy (non-hydrogen) atoms. The Morgan fingerprint density at radius 1 is 1.64 bits per heavy atom. The number of nitrogens with zero attached hydrogens (tertiary/aromatic N) is 3. The first-order valence-electron chi connectivity index (χ1n) is 4.11. The third-order valence-electron chi connectivity index (χ3n) is 1.69. The van der Waals surface area contributed by atoms with E-state index in [9.17, 15) is 0 Å². The first kappa shape index (κ1) is 12.2. The van der Waals surface area contributed by atoms with E-state index in [1.54, 1.807) is 6.07 Å². The van der Waals surface area contributed by atoms with Gasteiger partial charge in [0.05, 0.1) is 0 Å². The van der Waals surface area contributed by atoms with Crippen molar-refractivity contribution in [3.63, 3.8) is 0 Å². The summed E-state index contributed by atoms with van der Waals surface area (Å²) in [5.41, 5.74) is 4.45. The van der Waals surface area contributed by atoms with Gasteiger partial charge in [-0.05, 0) is 20.3 Å². The van der Waals surface area contributed by atoms with Crippen LogP contribution < -0.4 is 5.73 Å². The Kier molecular flexibility index (Phi) is 4.43. The summed E-state index contributed by atoms with van der Waals surface area (Å²) >= 11 is 0. The van der Waals surface area contributed by atoms with Crippen molar-refractivity contribution in [3.8, 4) is 6.07 Å². The zero-order chi connectivity index (χ0) is 11.2. The minimum Gasteiger partial charge on any atom is -0.409 e. The molecular formula is C8H14N4O2. The van der Waals surface area contributed by atoms with Crippen LogP contribution in [0.3, 0.4) is 0 Å². The topological polar surface area (TPSA) is 104 Å². The molecule has 6 heteroatoms. The van der Waals surface area contributed by atoms with Crippen molar-refractivity contribution in [1.82, 2.24) is 0 Å². The zero-order valence-corrected chi connectivity index (χ0v) is 8.48. The fourth-order valence-corrected chi connectivity index (χ4v) is 0.406. The Balaban J connectivity index is 4.59. The second kappa shape index (κ2) is 5.07. The van der Waals surface area contributed by atoms with Crippen molar-refractivity contribution in [2.45, 2.75) is 32.8 Å². The number of nitriles is 1. The van der Waals surface area contributed by atoms with Crippen LogP contribution in [0.1, 0.15) is 27.2 Å². The molecule has 3 N–H and O–H groups in total. The van der Waals surface area contributed by atoms with Crippen molar-refractivity contribution in [3.05, 3.63) is 0 Å². The van der Waals surface area contributed by atoms with Gasteiger partial charge in [0.1, 0.15) is 11.7 Å². The van der Waals surface area contributed by atoms with Crippen molar-refractivity contribution in [2.75, 3.05) is 0 Å². The van der Waals surface area contributed by atoms with Crippen LogP contribution in [0.2, 0.25) is 0 Å². The maximum Gasteiger partial charge on any atom is 0.224 e. The quantitative estimate of drug-likeness (QED) is 0.302. The largest absolute Gasteiger partial charge is 0.409 e. The van der Waals surface area contributed by atoms with Crippen LogP contribution >= 0.6 is 0 Å². The minimum absolute atomic E-state index is 0.242. The molecule has 0 rings (SSSR count). The van der Waals surface area contributed by atoms with Crippen molar-refractivity contribution < 1.29 is 10.0 Å². The van der Waals surface area contributed by atoms with Gasteiger partial charge in [-0.3, -0.25) is 0 Å². The first-order valence-corrected chi connectivity index (χ1v) is 4.11. The van der Waals surface area contributed by atoms with E-state index >= 15 is 0 Å². The van der Waals surface area contributed by atoms with Crippen LogP contribution in [0, 0.1) is 11.3 Å². The molecule has 0 aliphatic heterocycles. The van der Waals surface area contributed by atoms with E-state index in [1.165, 1.54) is 0 Å². The summed E-state index contributed by atoms with van der Waals surface area (Å²) in [7, 11) is 0. The van der Waals surface area contributed by atoms with Gasteiger partial charge in [0, 0.05) is 0 Å². The van der Waals surface area contributed by atoms with Gasteiger partial charge in [-0.25, -0.2) is 0 Å². The molecule has 0 spiro atoms. The van der Waals surface area contributed by atoms with E-state index < -0.39 is 5.60 Å². The summed E-state index contributed by atoms with van der Waals surface area (Å²) in [5.74, 6) is -0.362. The summed E-state index contributed by atoms with van der Waals surface area (Å²) in [6.45, 7) is 5.56. The first-order chi connectivity index (χ1) is 6.46. The fraction of sp³-hybridized carbons (Fsp3) is 0.625. The molecule has 0 heterocycles. The van der Waals surface area contributed by atoms with Gasteiger partial charge >= 0.3 is 0 Å². The Morgan fingerprint density at radius 2 is 2.21 bits per heavy atom. The normalized spacial score (nSPS) is 13.6.